The first-order valence-electron chi connectivity index (χ1n) is 5.76. The van der Waals surface area contributed by atoms with Crippen LogP contribution in [0.4, 0.5) is 10.5 Å². The van der Waals surface area contributed by atoms with Crippen molar-refractivity contribution in [3.63, 3.8) is 0 Å². The number of hydrogen-bond acceptors (Lipinski definition) is 4. The van der Waals surface area contributed by atoms with Crippen LogP contribution < -0.4 is 5.73 Å². The topological polar surface area (TPSA) is 70.1 Å². The number of anilines is 1. The molecule has 0 saturated heterocycles. The van der Waals surface area contributed by atoms with Gasteiger partial charge in [0.05, 0.1) is 11.7 Å². The van der Waals surface area contributed by atoms with Crippen molar-refractivity contribution in [1.29, 1.82) is 0 Å². The number of benzene rings is 1. The molecule has 0 spiro atoms. The van der Waals surface area contributed by atoms with Crippen molar-refractivity contribution in [1.82, 2.24) is 9.78 Å². The first kappa shape index (κ1) is 12.4. The molecule has 0 saturated carbocycles. The minimum absolute atomic E-state index is 0.499. The minimum atomic E-state index is -0.550. The second-order valence-corrected chi connectivity index (χ2v) is 5.27. The SMILES string of the molecule is Cc1ccc2c(cnn2C(=O)OC(C)(C)C)c1N. The molecule has 5 nitrogen and oxygen atoms in total. The smallest absolute Gasteiger partial charge is 0.435 e. The normalized spacial score (nSPS) is 11.8. The van der Waals surface area contributed by atoms with E-state index in [0.717, 1.165) is 10.9 Å². The largest absolute Gasteiger partial charge is 0.442 e. The standard InChI is InChI=1S/C13H17N3O2/c1-8-5-6-10-9(11(8)14)7-15-16(10)12(17)18-13(2,3)4/h5-7H,14H2,1-4H3. The Hall–Kier alpha value is -2.04. The van der Waals surface area contributed by atoms with E-state index in [2.05, 4.69) is 5.10 Å². The van der Waals surface area contributed by atoms with Gasteiger partial charge in [0.15, 0.2) is 0 Å². The van der Waals surface area contributed by atoms with Crippen LogP contribution in [0.15, 0.2) is 18.3 Å². The molecule has 2 N–H and O–H groups in total. The molecule has 18 heavy (non-hydrogen) atoms. The molecule has 1 aromatic heterocycles. The summed E-state index contributed by atoms with van der Waals surface area (Å²) >= 11 is 0. The van der Waals surface area contributed by atoms with Crippen LogP contribution in [0.2, 0.25) is 0 Å². The van der Waals surface area contributed by atoms with Crippen LogP contribution in [-0.4, -0.2) is 21.5 Å². The molecule has 96 valence electrons. The van der Waals surface area contributed by atoms with Crippen molar-refractivity contribution in [3.8, 4) is 0 Å². The van der Waals surface area contributed by atoms with Gasteiger partial charge in [-0.25, -0.2) is 4.79 Å². The van der Waals surface area contributed by atoms with E-state index in [-0.39, 0.29) is 0 Å². The third-order valence-electron chi connectivity index (χ3n) is 2.58. The Morgan fingerprint density at radius 1 is 1.39 bits per heavy atom. The van der Waals surface area contributed by atoms with Crippen molar-refractivity contribution >= 4 is 22.7 Å². The van der Waals surface area contributed by atoms with Crippen LogP contribution in [0.1, 0.15) is 26.3 Å². The summed E-state index contributed by atoms with van der Waals surface area (Å²) in [5, 5.41) is 4.81. The number of aryl methyl sites for hydroxylation is 1. The summed E-state index contributed by atoms with van der Waals surface area (Å²) in [6.45, 7) is 7.36. The second-order valence-electron chi connectivity index (χ2n) is 5.27. The lowest BCUT2D eigenvalue weighted by atomic mass is 10.1. The average Bonchev–Trinajstić information content (AvgIpc) is 2.65. The van der Waals surface area contributed by atoms with Gasteiger partial charge in [-0.1, -0.05) is 6.07 Å². The van der Waals surface area contributed by atoms with E-state index in [1.807, 2.05) is 39.8 Å². The zero-order valence-corrected chi connectivity index (χ0v) is 11.0. The van der Waals surface area contributed by atoms with Gasteiger partial charge in [0.1, 0.15) is 5.60 Å². The number of fused-ring (bicyclic) bond motifs is 1. The number of hydrogen-bond donors (Lipinski definition) is 1. The number of carbonyl (C=O) groups is 1. The molecule has 0 unspecified atom stereocenters. The lowest BCUT2D eigenvalue weighted by molar-refractivity contribution is 0.0523. The highest BCUT2D eigenvalue weighted by atomic mass is 16.6. The number of ether oxygens (including phenoxy) is 1. The van der Waals surface area contributed by atoms with Crippen LogP contribution in [0.25, 0.3) is 10.9 Å². The molecule has 0 aliphatic carbocycles. The van der Waals surface area contributed by atoms with Gasteiger partial charge in [0.2, 0.25) is 0 Å². The van der Waals surface area contributed by atoms with E-state index < -0.39 is 11.7 Å². The van der Waals surface area contributed by atoms with Gasteiger partial charge in [-0.15, -0.1) is 0 Å². The van der Waals surface area contributed by atoms with E-state index in [9.17, 15) is 4.79 Å². The highest BCUT2D eigenvalue weighted by molar-refractivity contribution is 5.96. The summed E-state index contributed by atoms with van der Waals surface area (Å²) in [6, 6.07) is 3.68. The molecule has 1 aromatic carbocycles. The maximum Gasteiger partial charge on any atom is 0.435 e. The molecule has 0 fully saturated rings. The fraction of sp³-hybridized carbons (Fsp3) is 0.385. The maximum absolute atomic E-state index is 12.0. The Morgan fingerprint density at radius 2 is 2.06 bits per heavy atom. The predicted octanol–water partition coefficient (Wildman–Crippen LogP) is 2.71. The maximum atomic E-state index is 12.0. The number of nitrogens with zero attached hydrogens (tertiary/aromatic N) is 2. The average molecular weight is 247 g/mol. The Kier molecular flexibility index (Phi) is 2.77. The van der Waals surface area contributed by atoms with Crippen LogP contribution in [0.5, 0.6) is 0 Å². The Bertz CT molecular complexity index is 608. The van der Waals surface area contributed by atoms with Crippen LogP contribution in [0.3, 0.4) is 0 Å². The van der Waals surface area contributed by atoms with Gasteiger partial charge < -0.3 is 10.5 Å². The third kappa shape index (κ3) is 2.16. The molecule has 0 aliphatic heterocycles. The van der Waals surface area contributed by atoms with Crippen LogP contribution in [0, 0.1) is 6.92 Å². The zero-order valence-electron chi connectivity index (χ0n) is 11.0. The summed E-state index contributed by atoms with van der Waals surface area (Å²) in [7, 11) is 0. The van der Waals surface area contributed by atoms with Crippen molar-refractivity contribution in [2.24, 2.45) is 0 Å². The molecule has 0 atom stereocenters. The summed E-state index contributed by atoms with van der Waals surface area (Å²) in [4.78, 5) is 12.0. The number of aromatic nitrogens is 2. The van der Waals surface area contributed by atoms with Crippen LogP contribution in [-0.2, 0) is 4.74 Å². The molecule has 0 radical (unpaired) electrons. The molecule has 0 aliphatic rings. The molecule has 5 heteroatoms. The molecule has 2 rings (SSSR count). The number of rotatable bonds is 0. The molecule has 0 bridgehead atoms. The Labute approximate surface area is 106 Å². The van der Waals surface area contributed by atoms with Crippen LogP contribution >= 0.6 is 0 Å². The number of carbonyl (C=O) groups excluding carboxylic acids is 1. The quantitative estimate of drug-likeness (QED) is 0.727. The van der Waals surface area contributed by atoms with E-state index in [1.54, 1.807) is 6.20 Å². The lowest BCUT2D eigenvalue weighted by Gasteiger charge is -2.19. The number of nitrogens with two attached hydrogens (primary N) is 1. The van der Waals surface area contributed by atoms with Gasteiger partial charge in [-0.2, -0.15) is 9.78 Å². The van der Waals surface area contributed by atoms with Gasteiger partial charge in [-0.3, -0.25) is 0 Å². The summed E-state index contributed by atoms with van der Waals surface area (Å²) < 4.78 is 6.51. The Morgan fingerprint density at radius 3 is 2.67 bits per heavy atom. The molecular formula is C13H17N3O2. The monoisotopic (exact) mass is 247 g/mol. The van der Waals surface area contributed by atoms with Gasteiger partial charge in [0, 0.05) is 11.1 Å². The zero-order chi connectivity index (χ0) is 13.5. The third-order valence-corrected chi connectivity index (χ3v) is 2.58. The summed E-state index contributed by atoms with van der Waals surface area (Å²) in [5.41, 5.74) is 7.67. The Balaban J connectivity index is 2.48. The molecule has 0 amide bonds. The van der Waals surface area contributed by atoms with E-state index in [0.29, 0.717) is 11.2 Å². The lowest BCUT2D eigenvalue weighted by Crippen LogP contribution is -2.27. The van der Waals surface area contributed by atoms with Gasteiger partial charge >= 0.3 is 6.09 Å². The highest BCUT2D eigenvalue weighted by Crippen LogP contribution is 2.24. The second kappa shape index (κ2) is 4.01. The number of nitrogen functional groups attached to an aromatic ring is 1. The van der Waals surface area contributed by atoms with Crippen molar-refractivity contribution in [2.75, 3.05) is 5.73 Å². The molecule has 1 heterocycles. The van der Waals surface area contributed by atoms with Crippen molar-refractivity contribution < 1.29 is 9.53 Å². The fourth-order valence-corrected chi connectivity index (χ4v) is 1.68. The first-order valence-corrected chi connectivity index (χ1v) is 5.76. The molecule has 2 aromatic rings. The highest BCUT2D eigenvalue weighted by Gasteiger charge is 2.20. The van der Waals surface area contributed by atoms with Gasteiger partial charge in [-0.05, 0) is 39.3 Å². The minimum Gasteiger partial charge on any atom is -0.442 e. The van der Waals surface area contributed by atoms with E-state index in [1.165, 1.54) is 4.68 Å². The van der Waals surface area contributed by atoms with E-state index >= 15 is 0 Å². The van der Waals surface area contributed by atoms with Gasteiger partial charge in [0.25, 0.3) is 0 Å². The van der Waals surface area contributed by atoms with Crippen molar-refractivity contribution in [2.45, 2.75) is 33.3 Å². The summed E-state index contributed by atoms with van der Waals surface area (Å²) in [6.07, 6.45) is 1.09. The molecular weight excluding hydrogens is 230 g/mol. The van der Waals surface area contributed by atoms with E-state index in [4.69, 9.17) is 10.5 Å². The first-order chi connectivity index (χ1) is 8.29. The predicted molar refractivity (Wildman–Crippen MR) is 70.5 cm³/mol. The fourth-order valence-electron chi connectivity index (χ4n) is 1.68. The summed E-state index contributed by atoms with van der Waals surface area (Å²) in [5.74, 6) is 0. The van der Waals surface area contributed by atoms with Crippen molar-refractivity contribution in [3.05, 3.63) is 23.9 Å².